The molecule has 5 nitrogen and oxygen atoms in total. The molecule has 0 aliphatic rings. The molecule has 0 spiro atoms. The Kier molecular flexibility index (Phi) is 14.7. The van der Waals surface area contributed by atoms with Crippen LogP contribution in [-0.2, 0) is 9.59 Å². The van der Waals surface area contributed by atoms with Gasteiger partial charge in [-0.15, -0.1) is 26.3 Å². The number of rotatable bonds is 12. The molecule has 0 aliphatic heterocycles. The van der Waals surface area contributed by atoms with Gasteiger partial charge >= 0.3 is 5.97 Å². The molecule has 5 heteroatoms. The van der Waals surface area contributed by atoms with Crippen LogP contribution in [0.5, 0.6) is 0 Å². The van der Waals surface area contributed by atoms with Crippen LogP contribution < -0.4 is 5.32 Å². The number of carbonyl (C=O) groups is 2. The summed E-state index contributed by atoms with van der Waals surface area (Å²) >= 11 is 0. The van der Waals surface area contributed by atoms with Crippen molar-refractivity contribution in [3.63, 3.8) is 0 Å². The monoisotopic (exact) mass is 346 g/mol. The van der Waals surface area contributed by atoms with Crippen molar-refractivity contribution in [1.29, 1.82) is 0 Å². The average molecular weight is 346 g/mol. The van der Waals surface area contributed by atoms with Gasteiger partial charge in [0.2, 0.25) is 5.91 Å². The standard InChI is InChI=1S/C13H19NO2.C7H11NO/c1-5-8-12(11(4)13(15)16)14(9-6-2)10-7-3;1-4-5-8-7(9)6(2)3/h5-7,12H,1-4,8-10H2,(H,15,16);4H,1-2,5H2,3H3,(H,8,9). The lowest BCUT2D eigenvalue weighted by molar-refractivity contribution is -0.133. The maximum absolute atomic E-state index is 10.9. The Morgan fingerprint density at radius 2 is 1.56 bits per heavy atom. The summed E-state index contributed by atoms with van der Waals surface area (Å²) in [5.41, 5.74) is 0.695. The molecule has 0 aromatic carbocycles. The summed E-state index contributed by atoms with van der Waals surface area (Å²) in [4.78, 5) is 23.5. The molecule has 1 atom stereocenters. The minimum absolute atomic E-state index is 0.116. The molecule has 25 heavy (non-hydrogen) atoms. The van der Waals surface area contributed by atoms with Gasteiger partial charge in [0.15, 0.2) is 0 Å². The van der Waals surface area contributed by atoms with Crippen molar-refractivity contribution in [2.24, 2.45) is 0 Å². The fourth-order valence-electron chi connectivity index (χ4n) is 1.79. The number of hydrogen-bond donors (Lipinski definition) is 2. The van der Waals surface area contributed by atoms with Gasteiger partial charge in [-0.2, -0.15) is 0 Å². The van der Waals surface area contributed by atoms with Gasteiger partial charge in [0, 0.05) is 36.8 Å². The van der Waals surface area contributed by atoms with Crippen molar-refractivity contribution >= 4 is 11.9 Å². The molecule has 0 radical (unpaired) electrons. The molecular formula is C20H30N2O3. The highest BCUT2D eigenvalue weighted by Crippen LogP contribution is 2.14. The molecule has 0 aromatic heterocycles. The third-order valence-corrected chi connectivity index (χ3v) is 3.03. The summed E-state index contributed by atoms with van der Waals surface area (Å²) in [5, 5.41) is 11.5. The molecule has 0 saturated carbocycles. The van der Waals surface area contributed by atoms with Crippen LogP contribution in [0.4, 0.5) is 0 Å². The Hall–Kier alpha value is -2.66. The van der Waals surface area contributed by atoms with Gasteiger partial charge < -0.3 is 10.4 Å². The predicted molar refractivity (Wildman–Crippen MR) is 105 cm³/mol. The molecule has 0 rings (SSSR count). The third-order valence-electron chi connectivity index (χ3n) is 3.03. The van der Waals surface area contributed by atoms with Gasteiger partial charge in [0.1, 0.15) is 0 Å². The van der Waals surface area contributed by atoms with Crippen molar-refractivity contribution in [2.45, 2.75) is 19.4 Å². The number of nitrogens with one attached hydrogen (secondary N) is 1. The van der Waals surface area contributed by atoms with Crippen molar-refractivity contribution in [1.82, 2.24) is 10.2 Å². The molecule has 2 N–H and O–H groups in total. The highest BCUT2D eigenvalue weighted by atomic mass is 16.4. The van der Waals surface area contributed by atoms with E-state index in [1.807, 2.05) is 4.90 Å². The Bertz CT molecular complexity index is 511. The van der Waals surface area contributed by atoms with Gasteiger partial charge in [0.05, 0.1) is 0 Å². The average Bonchev–Trinajstić information content (AvgIpc) is 2.57. The number of hydrogen-bond acceptors (Lipinski definition) is 3. The molecule has 1 amide bonds. The van der Waals surface area contributed by atoms with Crippen LogP contribution in [0.25, 0.3) is 0 Å². The predicted octanol–water partition coefficient (Wildman–Crippen LogP) is 3.11. The lowest BCUT2D eigenvalue weighted by Gasteiger charge is -2.29. The fraction of sp³-hybridized carbons (Fsp3) is 0.300. The smallest absolute Gasteiger partial charge is 0.332 e. The van der Waals surface area contributed by atoms with E-state index in [-0.39, 0.29) is 17.5 Å². The van der Waals surface area contributed by atoms with Crippen LogP contribution in [0, 0.1) is 0 Å². The summed E-state index contributed by atoms with van der Waals surface area (Å²) in [6, 6.07) is -0.258. The first kappa shape index (κ1) is 24.6. The molecule has 0 aromatic rings. The molecule has 0 saturated heterocycles. The van der Waals surface area contributed by atoms with E-state index in [1.165, 1.54) is 0 Å². The Balaban J connectivity index is 0. The fourth-order valence-corrected chi connectivity index (χ4v) is 1.79. The Morgan fingerprint density at radius 3 is 1.88 bits per heavy atom. The zero-order chi connectivity index (χ0) is 19.8. The molecule has 0 bridgehead atoms. The van der Waals surface area contributed by atoms with E-state index in [1.54, 1.807) is 31.2 Å². The van der Waals surface area contributed by atoms with E-state index in [9.17, 15) is 9.59 Å². The SMILES string of the molecule is C=CCC(C(=C)C(=O)O)N(CC=C)CC=C.C=CCNC(=O)C(=C)C. The summed E-state index contributed by atoms with van der Waals surface area (Å²) in [5.74, 6) is -1.10. The Morgan fingerprint density at radius 1 is 1.04 bits per heavy atom. The summed E-state index contributed by atoms with van der Waals surface area (Å²) in [6.45, 7) is 24.8. The lowest BCUT2D eigenvalue weighted by atomic mass is 10.0. The normalized spacial score (nSPS) is 10.5. The minimum atomic E-state index is -0.982. The second-order valence-electron chi connectivity index (χ2n) is 5.18. The van der Waals surface area contributed by atoms with Gasteiger partial charge in [-0.05, 0) is 13.3 Å². The van der Waals surface area contributed by atoms with E-state index in [4.69, 9.17) is 5.11 Å². The molecule has 138 valence electrons. The molecule has 0 heterocycles. The highest BCUT2D eigenvalue weighted by molar-refractivity contribution is 5.92. The molecule has 0 aliphatic carbocycles. The first-order valence-corrected chi connectivity index (χ1v) is 7.80. The zero-order valence-corrected chi connectivity index (χ0v) is 15.2. The first-order valence-electron chi connectivity index (χ1n) is 7.80. The maximum atomic E-state index is 10.9. The van der Waals surface area contributed by atoms with Crippen LogP contribution in [0.15, 0.2) is 74.9 Å². The van der Waals surface area contributed by atoms with Crippen molar-refractivity contribution in [3.05, 3.63) is 74.9 Å². The second-order valence-corrected chi connectivity index (χ2v) is 5.18. The summed E-state index contributed by atoms with van der Waals surface area (Å²) in [7, 11) is 0. The van der Waals surface area contributed by atoms with Crippen LogP contribution in [0.1, 0.15) is 13.3 Å². The molecule has 0 fully saturated rings. The number of nitrogens with zero attached hydrogens (tertiary/aromatic N) is 1. The zero-order valence-electron chi connectivity index (χ0n) is 15.2. The Labute approximate surface area is 151 Å². The van der Waals surface area contributed by atoms with Crippen molar-refractivity contribution in [2.75, 3.05) is 19.6 Å². The number of carbonyl (C=O) groups excluding carboxylic acids is 1. The number of carboxylic acid groups (broad SMARTS) is 1. The lowest BCUT2D eigenvalue weighted by Crippen LogP contribution is -2.38. The van der Waals surface area contributed by atoms with E-state index in [0.717, 1.165) is 0 Å². The topological polar surface area (TPSA) is 69.6 Å². The van der Waals surface area contributed by atoms with Crippen molar-refractivity contribution in [3.8, 4) is 0 Å². The van der Waals surface area contributed by atoms with E-state index in [2.05, 4.69) is 44.8 Å². The summed E-state index contributed by atoms with van der Waals surface area (Å²) in [6.07, 6.45) is 7.33. The van der Waals surface area contributed by atoms with Gasteiger partial charge in [-0.1, -0.05) is 37.5 Å². The van der Waals surface area contributed by atoms with Crippen LogP contribution in [-0.4, -0.2) is 47.6 Å². The van der Waals surface area contributed by atoms with E-state index >= 15 is 0 Å². The number of carboxylic acids is 1. The molecular weight excluding hydrogens is 316 g/mol. The van der Waals surface area contributed by atoms with Crippen LogP contribution in [0.2, 0.25) is 0 Å². The van der Waals surface area contributed by atoms with E-state index < -0.39 is 5.97 Å². The highest BCUT2D eigenvalue weighted by Gasteiger charge is 2.22. The van der Waals surface area contributed by atoms with Gasteiger partial charge in [-0.3, -0.25) is 9.69 Å². The number of aliphatic carboxylic acids is 1. The largest absolute Gasteiger partial charge is 0.478 e. The summed E-state index contributed by atoms with van der Waals surface area (Å²) < 4.78 is 0. The minimum Gasteiger partial charge on any atom is -0.478 e. The van der Waals surface area contributed by atoms with Crippen LogP contribution >= 0.6 is 0 Å². The van der Waals surface area contributed by atoms with Crippen LogP contribution in [0.3, 0.4) is 0 Å². The maximum Gasteiger partial charge on any atom is 0.332 e. The number of amides is 1. The quantitative estimate of drug-likeness (QED) is 0.421. The van der Waals surface area contributed by atoms with E-state index in [0.29, 0.717) is 31.6 Å². The second kappa shape index (κ2) is 14.9. The van der Waals surface area contributed by atoms with Crippen molar-refractivity contribution < 1.29 is 14.7 Å². The third kappa shape index (κ3) is 11.5. The first-order chi connectivity index (χ1) is 11.8. The molecule has 1 unspecified atom stereocenters. The van der Waals surface area contributed by atoms with Gasteiger partial charge in [0.25, 0.3) is 0 Å². The van der Waals surface area contributed by atoms with Gasteiger partial charge in [-0.25, -0.2) is 4.79 Å².